The van der Waals surface area contributed by atoms with Crippen LogP contribution < -0.4 is 4.74 Å². The lowest BCUT2D eigenvalue weighted by Crippen LogP contribution is -1.98. The average molecular weight is 585 g/mol. The van der Waals surface area contributed by atoms with Crippen molar-refractivity contribution in [2.45, 2.75) is 38.5 Å². The predicted molar refractivity (Wildman–Crippen MR) is 183 cm³/mol. The number of rotatable bonds is 0. The summed E-state index contributed by atoms with van der Waals surface area (Å²) in [6, 6.07) is 39.0. The Balaban J connectivity index is 1.31. The van der Waals surface area contributed by atoms with E-state index in [4.69, 9.17) is 9.72 Å². The second-order valence-corrected chi connectivity index (χ2v) is 12.1. The third-order valence-corrected chi connectivity index (χ3v) is 9.32. The molecule has 5 heterocycles. The highest BCUT2D eigenvalue weighted by Gasteiger charge is 2.19. The van der Waals surface area contributed by atoms with Crippen molar-refractivity contribution in [3.63, 3.8) is 0 Å². The molecule has 0 radical (unpaired) electrons. The van der Waals surface area contributed by atoms with E-state index in [0.29, 0.717) is 5.88 Å². The maximum Gasteiger partial charge on any atom is 0.219 e. The standard InChI is InChI=1S/C40H32N4O/c1-2-4-11-28-21-23-42-40-39(28)34-15-6-8-17-36(34)44(40)30-18-19-33-32-14-5-7-16-35(32)43(37(33)26-30)29-12-9-13-31(25-29)45-38-24-27(10-3-1)20-22-41-38/h5-9,12-26H,1-4,10-11H2. The quantitative estimate of drug-likeness (QED) is 0.178. The van der Waals surface area contributed by atoms with E-state index in [1.165, 1.54) is 51.0 Å². The van der Waals surface area contributed by atoms with Gasteiger partial charge in [0.15, 0.2) is 0 Å². The molecule has 10 bridgehead atoms. The zero-order valence-electron chi connectivity index (χ0n) is 25.0. The normalized spacial score (nSPS) is 13.9. The molecule has 8 aromatic rings. The Morgan fingerprint density at radius 2 is 1.29 bits per heavy atom. The Kier molecular flexibility index (Phi) is 6.15. The van der Waals surface area contributed by atoms with Crippen molar-refractivity contribution in [1.82, 2.24) is 19.1 Å². The summed E-state index contributed by atoms with van der Waals surface area (Å²) in [5.41, 5.74) is 9.28. The van der Waals surface area contributed by atoms with Crippen LogP contribution in [-0.4, -0.2) is 19.1 Å². The fourth-order valence-corrected chi connectivity index (χ4v) is 7.26. The summed E-state index contributed by atoms with van der Waals surface area (Å²) < 4.78 is 11.1. The third-order valence-electron chi connectivity index (χ3n) is 9.32. The summed E-state index contributed by atoms with van der Waals surface area (Å²) >= 11 is 0. The molecule has 0 atom stereocenters. The number of fused-ring (bicyclic) bond motifs is 12. The molecule has 4 aromatic heterocycles. The Morgan fingerprint density at radius 1 is 0.533 bits per heavy atom. The number of aromatic nitrogens is 4. The predicted octanol–water partition coefficient (Wildman–Crippen LogP) is 10.1. The molecule has 0 amide bonds. The minimum atomic E-state index is 0.635. The van der Waals surface area contributed by atoms with E-state index in [-0.39, 0.29) is 0 Å². The van der Waals surface area contributed by atoms with Gasteiger partial charge in [0.25, 0.3) is 0 Å². The molecule has 0 saturated heterocycles. The summed E-state index contributed by atoms with van der Waals surface area (Å²) in [6.07, 6.45) is 10.6. The average Bonchev–Trinajstić information content (AvgIpc) is 3.59. The van der Waals surface area contributed by atoms with Crippen LogP contribution in [0, 0.1) is 0 Å². The van der Waals surface area contributed by atoms with Crippen LogP contribution in [0.15, 0.2) is 122 Å². The lowest BCUT2D eigenvalue weighted by molar-refractivity contribution is 0.461. The number of pyridine rings is 2. The zero-order chi connectivity index (χ0) is 29.7. The van der Waals surface area contributed by atoms with Gasteiger partial charge in [-0.2, -0.15) is 0 Å². The molecule has 0 aliphatic carbocycles. The number of hydrogen-bond donors (Lipinski definition) is 0. The molecule has 0 fully saturated rings. The molecule has 5 heteroatoms. The molecule has 0 spiro atoms. The molecular weight excluding hydrogens is 552 g/mol. The van der Waals surface area contributed by atoms with Crippen LogP contribution in [-0.2, 0) is 12.8 Å². The van der Waals surface area contributed by atoms with Crippen molar-refractivity contribution in [2.24, 2.45) is 0 Å². The van der Waals surface area contributed by atoms with Gasteiger partial charge in [-0.1, -0.05) is 61.4 Å². The van der Waals surface area contributed by atoms with Crippen molar-refractivity contribution in [3.05, 3.63) is 133 Å². The van der Waals surface area contributed by atoms with Crippen molar-refractivity contribution >= 4 is 43.7 Å². The van der Waals surface area contributed by atoms with Gasteiger partial charge in [-0.15, -0.1) is 0 Å². The molecule has 1 aliphatic rings. The Bertz CT molecular complexity index is 2380. The van der Waals surface area contributed by atoms with Crippen molar-refractivity contribution in [1.29, 1.82) is 0 Å². The summed E-state index contributed by atoms with van der Waals surface area (Å²) in [4.78, 5) is 9.54. The fourth-order valence-electron chi connectivity index (χ4n) is 7.26. The fraction of sp³-hybridized carbons (Fsp3) is 0.150. The third kappa shape index (κ3) is 4.38. The molecule has 0 unspecified atom stereocenters. The van der Waals surface area contributed by atoms with Crippen LogP contribution >= 0.6 is 0 Å². The number of hydrogen-bond acceptors (Lipinski definition) is 3. The molecule has 0 saturated carbocycles. The maximum absolute atomic E-state index is 6.36. The van der Waals surface area contributed by atoms with Crippen LogP contribution in [0.4, 0.5) is 0 Å². The van der Waals surface area contributed by atoms with E-state index in [9.17, 15) is 0 Å². The maximum atomic E-state index is 6.36. The molecule has 9 rings (SSSR count). The summed E-state index contributed by atoms with van der Waals surface area (Å²) in [6.45, 7) is 0. The monoisotopic (exact) mass is 584 g/mol. The van der Waals surface area contributed by atoms with Gasteiger partial charge in [0.1, 0.15) is 11.4 Å². The van der Waals surface area contributed by atoms with Gasteiger partial charge in [0, 0.05) is 57.4 Å². The SMILES string of the molecule is c1cc2cc(c1)-n1c3ccccc3c3ccc(cc31)-n1c3ccccc3c3c(ccnc31)CCCCCCc1ccnc(c1)O2. The molecule has 218 valence electrons. The van der Waals surface area contributed by atoms with Gasteiger partial charge in [0.05, 0.1) is 16.6 Å². The first kappa shape index (κ1) is 26.0. The van der Waals surface area contributed by atoms with Gasteiger partial charge in [-0.05, 0) is 85.3 Å². The van der Waals surface area contributed by atoms with E-state index < -0.39 is 0 Å². The van der Waals surface area contributed by atoms with Crippen molar-refractivity contribution < 1.29 is 4.74 Å². The molecule has 1 aliphatic heterocycles. The zero-order valence-corrected chi connectivity index (χ0v) is 25.0. The van der Waals surface area contributed by atoms with E-state index in [1.54, 1.807) is 0 Å². The van der Waals surface area contributed by atoms with E-state index in [1.807, 2.05) is 18.5 Å². The van der Waals surface area contributed by atoms with Crippen LogP contribution in [0.3, 0.4) is 0 Å². The van der Waals surface area contributed by atoms with E-state index >= 15 is 0 Å². The number of ether oxygens (including phenoxy) is 1. The summed E-state index contributed by atoms with van der Waals surface area (Å²) in [7, 11) is 0. The van der Waals surface area contributed by atoms with Gasteiger partial charge in [-0.25, -0.2) is 9.97 Å². The smallest absolute Gasteiger partial charge is 0.219 e. The largest absolute Gasteiger partial charge is 0.439 e. The molecule has 0 N–H and O–H groups in total. The van der Waals surface area contributed by atoms with E-state index in [2.05, 4.69) is 117 Å². The molecule has 45 heavy (non-hydrogen) atoms. The van der Waals surface area contributed by atoms with E-state index in [0.717, 1.165) is 59.5 Å². The first-order valence-electron chi connectivity index (χ1n) is 16.0. The van der Waals surface area contributed by atoms with Gasteiger partial charge >= 0.3 is 0 Å². The topological polar surface area (TPSA) is 44.9 Å². The second-order valence-electron chi connectivity index (χ2n) is 12.1. The molecule has 4 aromatic carbocycles. The first-order valence-corrected chi connectivity index (χ1v) is 16.0. The number of nitrogens with zero attached hydrogens (tertiary/aromatic N) is 4. The summed E-state index contributed by atoms with van der Waals surface area (Å²) in [5.74, 6) is 1.40. The van der Waals surface area contributed by atoms with Gasteiger partial charge in [0.2, 0.25) is 5.88 Å². The molecular formula is C40H32N4O. The Morgan fingerprint density at radius 3 is 2.20 bits per heavy atom. The number of aryl methyl sites for hydroxylation is 2. The Labute approximate surface area is 261 Å². The van der Waals surface area contributed by atoms with Crippen LogP contribution in [0.2, 0.25) is 0 Å². The minimum absolute atomic E-state index is 0.635. The lowest BCUT2D eigenvalue weighted by Gasteiger charge is -2.12. The van der Waals surface area contributed by atoms with Gasteiger partial charge in [-0.3, -0.25) is 4.57 Å². The summed E-state index contributed by atoms with van der Waals surface area (Å²) in [5, 5.41) is 4.96. The highest BCUT2D eigenvalue weighted by Crippen LogP contribution is 2.38. The highest BCUT2D eigenvalue weighted by atomic mass is 16.5. The second kappa shape index (κ2) is 10.6. The highest BCUT2D eigenvalue weighted by molar-refractivity contribution is 6.12. The van der Waals surface area contributed by atoms with Crippen LogP contribution in [0.5, 0.6) is 11.6 Å². The van der Waals surface area contributed by atoms with Crippen LogP contribution in [0.1, 0.15) is 36.8 Å². The lowest BCUT2D eigenvalue weighted by atomic mass is 10.0. The van der Waals surface area contributed by atoms with Crippen molar-refractivity contribution in [2.75, 3.05) is 0 Å². The minimum Gasteiger partial charge on any atom is -0.439 e. The number of benzene rings is 4. The Hall–Kier alpha value is -5.42. The van der Waals surface area contributed by atoms with Crippen LogP contribution in [0.25, 0.3) is 55.1 Å². The first-order chi connectivity index (χ1) is 22.3. The molecule has 5 nitrogen and oxygen atoms in total. The number of para-hydroxylation sites is 2. The van der Waals surface area contributed by atoms with Crippen molar-refractivity contribution in [3.8, 4) is 23.0 Å². The van der Waals surface area contributed by atoms with Gasteiger partial charge < -0.3 is 9.30 Å².